The van der Waals surface area contributed by atoms with E-state index in [1.807, 2.05) is 55.5 Å². The molecule has 0 radical (unpaired) electrons. The zero-order valence-corrected chi connectivity index (χ0v) is 19.0. The van der Waals surface area contributed by atoms with Gasteiger partial charge in [0.1, 0.15) is 0 Å². The number of benzene rings is 2. The van der Waals surface area contributed by atoms with Gasteiger partial charge in [-0.25, -0.2) is 0 Å². The van der Waals surface area contributed by atoms with E-state index >= 15 is 0 Å². The first-order valence-electron chi connectivity index (χ1n) is 9.56. The van der Waals surface area contributed by atoms with Gasteiger partial charge < -0.3 is 16.0 Å². The van der Waals surface area contributed by atoms with Gasteiger partial charge in [0.05, 0.1) is 0 Å². The number of hydrogen-bond donors (Lipinski definition) is 3. The predicted octanol–water partition coefficient (Wildman–Crippen LogP) is 3.67. The Labute approximate surface area is 185 Å². The van der Waals surface area contributed by atoms with Crippen molar-refractivity contribution in [2.75, 3.05) is 19.6 Å². The fourth-order valence-corrected chi connectivity index (χ4v) is 2.64. The van der Waals surface area contributed by atoms with Crippen LogP contribution in [0.15, 0.2) is 65.7 Å². The summed E-state index contributed by atoms with van der Waals surface area (Å²) < 4.78 is 0. The Morgan fingerprint density at radius 3 is 2.25 bits per heavy atom. The lowest BCUT2D eigenvalue weighted by molar-refractivity contribution is -0.121. The molecule has 2 aromatic carbocycles. The first-order valence-corrected chi connectivity index (χ1v) is 9.56. The Balaban J connectivity index is 0.00000392. The van der Waals surface area contributed by atoms with Crippen LogP contribution in [0, 0.1) is 0 Å². The number of carbonyl (C=O) groups is 1. The number of hydrogen-bond acceptors (Lipinski definition) is 2. The minimum absolute atomic E-state index is 0. The molecular weight excluding hydrogens is 463 g/mol. The number of amides is 1. The lowest BCUT2D eigenvalue weighted by Gasteiger charge is -2.14. The van der Waals surface area contributed by atoms with Crippen LogP contribution in [-0.4, -0.2) is 31.5 Å². The highest BCUT2D eigenvalue weighted by Crippen LogP contribution is 2.14. The molecule has 6 heteroatoms. The molecule has 5 nitrogen and oxygen atoms in total. The van der Waals surface area contributed by atoms with Crippen LogP contribution in [0.5, 0.6) is 0 Å². The molecule has 28 heavy (non-hydrogen) atoms. The highest BCUT2D eigenvalue weighted by molar-refractivity contribution is 14.0. The topological polar surface area (TPSA) is 65.5 Å². The summed E-state index contributed by atoms with van der Waals surface area (Å²) in [6, 6.07) is 20.3. The Hall–Kier alpha value is -2.09. The molecule has 1 amide bonds. The third-order valence-corrected chi connectivity index (χ3v) is 4.21. The highest BCUT2D eigenvalue weighted by atomic mass is 127. The van der Waals surface area contributed by atoms with Crippen molar-refractivity contribution >= 4 is 35.8 Å². The molecule has 0 aliphatic carbocycles. The van der Waals surface area contributed by atoms with Crippen LogP contribution in [0.2, 0.25) is 0 Å². The molecule has 0 aliphatic rings. The Bertz CT molecular complexity index is 707. The van der Waals surface area contributed by atoms with Gasteiger partial charge in [-0.3, -0.25) is 9.79 Å². The van der Waals surface area contributed by atoms with Crippen LogP contribution in [0.4, 0.5) is 0 Å². The average molecular weight is 494 g/mol. The number of halogens is 1. The summed E-state index contributed by atoms with van der Waals surface area (Å²) in [5, 5.41) is 9.40. The van der Waals surface area contributed by atoms with E-state index < -0.39 is 0 Å². The summed E-state index contributed by atoms with van der Waals surface area (Å²) in [7, 11) is 0. The van der Waals surface area contributed by atoms with Crippen molar-refractivity contribution in [1.29, 1.82) is 0 Å². The summed E-state index contributed by atoms with van der Waals surface area (Å²) in [6.45, 7) is 6.78. The molecule has 2 rings (SSSR count). The van der Waals surface area contributed by atoms with E-state index in [4.69, 9.17) is 0 Å². The van der Waals surface area contributed by atoms with Crippen LogP contribution in [0.1, 0.15) is 37.3 Å². The molecule has 0 saturated carbocycles. The number of aliphatic imine (C=N–C) groups is 1. The van der Waals surface area contributed by atoms with Gasteiger partial charge in [-0.1, -0.05) is 67.6 Å². The second kappa shape index (κ2) is 14.0. The number of carbonyl (C=O) groups excluding carboxylic acids is 1. The molecule has 0 fully saturated rings. The first kappa shape index (κ1) is 23.9. The fourth-order valence-electron chi connectivity index (χ4n) is 2.64. The third-order valence-electron chi connectivity index (χ3n) is 4.21. The van der Waals surface area contributed by atoms with E-state index in [0.717, 1.165) is 18.1 Å². The number of nitrogens with zero attached hydrogens (tertiary/aromatic N) is 1. The summed E-state index contributed by atoms with van der Waals surface area (Å²) in [6.07, 6.45) is 0.408. The maximum atomic E-state index is 12.0. The summed E-state index contributed by atoms with van der Waals surface area (Å²) in [5.74, 6) is 1.12. The van der Waals surface area contributed by atoms with Crippen LogP contribution in [0.25, 0.3) is 0 Å². The molecule has 2 aromatic rings. The van der Waals surface area contributed by atoms with Gasteiger partial charge in [0.25, 0.3) is 0 Å². The van der Waals surface area contributed by atoms with Gasteiger partial charge in [-0.05, 0) is 18.1 Å². The second-order valence-electron chi connectivity index (χ2n) is 6.47. The Morgan fingerprint density at radius 2 is 1.61 bits per heavy atom. The van der Waals surface area contributed by atoms with Gasteiger partial charge in [-0.15, -0.1) is 24.0 Å². The third kappa shape index (κ3) is 9.21. The molecular formula is C22H31IN4O. The molecule has 0 heterocycles. The van der Waals surface area contributed by atoms with E-state index in [1.54, 1.807) is 0 Å². The smallest absolute Gasteiger partial charge is 0.222 e. The summed E-state index contributed by atoms with van der Waals surface area (Å²) in [4.78, 5) is 16.6. The van der Waals surface area contributed by atoms with E-state index in [2.05, 4.69) is 40.0 Å². The molecule has 1 atom stereocenters. The van der Waals surface area contributed by atoms with Crippen molar-refractivity contribution in [1.82, 2.24) is 16.0 Å². The molecule has 0 bridgehead atoms. The molecule has 0 saturated heterocycles. The first-order chi connectivity index (χ1) is 13.2. The fraction of sp³-hybridized carbons (Fsp3) is 0.364. The van der Waals surface area contributed by atoms with Gasteiger partial charge in [0.15, 0.2) is 5.96 Å². The van der Waals surface area contributed by atoms with Crippen molar-refractivity contribution in [2.24, 2.45) is 4.99 Å². The zero-order chi connectivity index (χ0) is 19.3. The second-order valence-corrected chi connectivity index (χ2v) is 6.47. The lowest BCUT2D eigenvalue weighted by atomic mass is 10.0. The van der Waals surface area contributed by atoms with Crippen LogP contribution >= 0.6 is 24.0 Å². The summed E-state index contributed by atoms with van der Waals surface area (Å²) in [5.41, 5.74) is 2.38. The zero-order valence-electron chi connectivity index (χ0n) is 16.7. The van der Waals surface area contributed by atoms with E-state index in [9.17, 15) is 4.79 Å². The van der Waals surface area contributed by atoms with E-state index in [-0.39, 0.29) is 29.9 Å². The highest BCUT2D eigenvalue weighted by Gasteiger charge is 2.06. The van der Waals surface area contributed by atoms with Crippen molar-refractivity contribution in [2.45, 2.75) is 32.7 Å². The SMILES string of the molecule is CCNC(=NCC(C)c1ccccc1)NCCC(=O)NCc1ccccc1.I. The van der Waals surface area contributed by atoms with E-state index in [0.29, 0.717) is 32.0 Å². The van der Waals surface area contributed by atoms with Crippen molar-refractivity contribution in [3.05, 3.63) is 71.8 Å². The average Bonchev–Trinajstić information content (AvgIpc) is 2.71. The molecule has 152 valence electrons. The quantitative estimate of drug-likeness (QED) is 0.283. The van der Waals surface area contributed by atoms with Crippen molar-refractivity contribution in [3.8, 4) is 0 Å². The number of rotatable bonds is 9. The lowest BCUT2D eigenvalue weighted by Crippen LogP contribution is -2.39. The van der Waals surface area contributed by atoms with Crippen LogP contribution in [0.3, 0.4) is 0 Å². The van der Waals surface area contributed by atoms with Crippen molar-refractivity contribution < 1.29 is 4.79 Å². The monoisotopic (exact) mass is 494 g/mol. The molecule has 3 N–H and O–H groups in total. The minimum Gasteiger partial charge on any atom is -0.357 e. The molecule has 0 aromatic heterocycles. The van der Waals surface area contributed by atoms with Gasteiger partial charge in [0.2, 0.25) is 5.91 Å². The maximum absolute atomic E-state index is 12.0. The minimum atomic E-state index is 0. The van der Waals surface area contributed by atoms with Crippen molar-refractivity contribution in [3.63, 3.8) is 0 Å². The predicted molar refractivity (Wildman–Crippen MR) is 127 cm³/mol. The molecule has 0 spiro atoms. The molecule has 1 unspecified atom stereocenters. The van der Waals surface area contributed by atoms with Crippen LogP contribution < -0.4 is 16.0 Å². The number of guanidine groups is 1. The van der Waals surface area contributed by atoms with Gasteiger partial charge in [-0.2, -0.15) is 0 Å². The Kier molecular flexibility index (Phi) is 12.0. The van der Waals surface area contributed by atoms with Gasteiger partial charge in [0, 0.05) is 38.5 Å². The van der Waals surface area contributed by atoms with E-state index in [1.165, 1.54) is 5.56 Å². The van der Waals surface area contributed by atoms with Crippen LogP contribution in [-0.2, 0) is 11.3 Å². The standard InChI is InChI=1S/C22H30N4O.HI/c1-3-23-22(26-16-18(2)20-12-8-5-9-13-20)24-15-14-21(27)25-17-19-10-6-4-7-11-19;/h4-13,18H,3,14-17H2,1-2H3,(H,25,27)(H2,23,24,26);1H. The maximum Gasteiger partial charge on any atom is 0.222 e. The normalized spacial score (nSPS) is 11.9. The Morgan fingerprint density at radius 1 is 0.964 bits per heavy atom. The van der Waals surface area contributed by atoms with Gasteiger partial charge >= 0.3 is 0 Å². The molecule has 0 aliphatic heterocycles. The largest absolute Gasteiger partial charge is 0.357 e. The summed E-state index contributed by atoms with van der Waals surface area (Å²) >= 11 is 0. The number of nitrogens with one attached hydrogen (secondary N) is 3.